The molecular weight excluding hydrogens is 312 g/mol. The summed E-state index contributed by atoms with van der Waals surface area (Å²) in [5.74, 6) is 0. The number of nitrogens with two attached hydrogens (primary N) is 1. The van der Waals surface area contributed by atoms with Crippen LogP contribution >= 0.6 is 0 Å². The maximum Gasteiger partial charge on any atom is 0.137 e. The van der Waals surface area contributed by atoms with E-state index in [0.29, 0.717) is 0 Å². The molecule has 0 amide bonds. The van der Waals surface area contributed by atoms with E-state index in [2.05, 4.69) is 46.4 Å². The quantitative estimate of drug-likeness (QED) is 0.625. The molecular formula is C19H20N6. The van der Waals surface area contributed by atoms with Crippen LogP contribution in [-0.4, -0.2) is 24.4 Å². The molecule has 0 saturated carbocycles. The summed E-state index contributed by atoms with van der Waals surface area (Å²) in [5.41, 5.74) is 13.4. The van der Waals surface area contributed by atoms with Crippen LogP contribution in [0.1, 0.15) is 24.1 Å². The van der Waals surface area contributed by atoms with Crippen molar-refractivity contribution in [3.05, 3.63) is 60.3 Å². The van der Waals surface area contributed by atoms with Gasteiger partial charge in [-0.1, -0.05) is 12.1 Å². The normalized spacial score (nSPS) is 12.6. The molecule has 1 aromatic carbocycles. The fourth-order valence-corrected chi connectivity index (χ4v) is 3.21. The molecule has 3 heterocycles. The van der Waals surface area contributed by atoms with Crippen LogP contribution in [0.4, 0.5) is 0 Å². The van der Waals surface area contributed by atoms with E-state index in [-0.39, 0.29) is 6.04 Å². The van der Waals surface area contributed by atoms with Crippen LogP contribution in [0.3, 0.4) is 0 Å². The molecule has 4 rings (SSSR count). The Morgan fingerprint density at radius 2 is 1.88 bits per heavy atom. The summed E-state index contributed by atoms with van der Waals surface area (Å²) in [7, 11) is 1.91. The monoisotopic (exact) mass is 332 g/mol. The van der Waals surface area contributed by atoms with E-state index in [9.17, 15) is 0 Å². The Morgan fingerprint density at radius 3 is 2.56 bits per heavy atom. The van der Waals surface area contributed by atoms with Gasteiger partial charge in [0.05, 0.1) is 17.4 Å². The summed E-state index contributed by atoms with van der Waals surface area (Å²) >= 11 is 0. The summed E-state index contributed by atoms with van der Waals surface area (Å²) in [4.78, 5) is 4.52. The summed E-state index contributed by atoms with van der Waals surface area (Å²) in [6.07, 6.45) is 7.43. The molecule has 0 bridgehead atoms. The molecule has 1 atom stereocenters. The van der Waals surface area contributed by atoms with Crippen molar-refractivity contribution in [3.63, 3.8) is 0 Å². The van der Waals surface area contributed by atoms with Crippen LogP contribution in [0.15, 0.2) is 49.2 Å². The Labute approximate surface area is 145 Å². The van der Waals surface area contributed by atoms with E-state index in [1.807, 2.05) is 37.1 Å². The number of hydrogen-bond donors (Lipinski definition) is 1. The highest BCUT2D eigenvalue weighted by Crippen LogP contribution is 2.29. The van der Waals surface area contributed by atoms with Gasteiger partial charge in [-0.25, -0.2) is 9.50 Å². The number of benzene rings is 1. The molecule has 0 aliphatic rings. The minimum Gasteiger partial charge on any atom is -0.324 e. The summed E-state index contributed by atoms with van der Waals surface area (Å²) < 4.78 is 3.65. The Kier molecular flexibility index (Phi) is 3.62. The fourth-order valence-electron chi connectivity index (χ4n) is 3.21. The Balaban J connectivity index is 1.85. The van der Waals surface area contributed by atoms with E-state index in [4.69, 9.17) is 5.73 Å². The van der Waals surface area contributed by atoms with Gasteiger partial charge in [-0.3, -0.25) is 4.68 Å². The summed E-state index contributed by atoms with van der Waals surface area (Å²) in [6, 6.07) is 8.41. The van der Waals surface area contributed by atoms with Crippen LogP contribution in [0, 0.1) is 6.92 Å². The van der Waals surface area contributed by atoms with Gasteiger partial charge in [0.15, 0.2) is 0 Å². The smallest absolute Gasteiger partial charge is 0.137 e. The largest absolute Gasteiger partial charge is 0.324 e. The lowest BCUT2D eigenvalue weighted by Gasteiger charge is -2.11. The van der Waals surface area contributed by atoms with Gasteiger partial charge in [0.25, 0.3) is 0 Å². The highest BCUT2D eigenvalue weighted by Gasteiger charge is 2.12. The molecule has 0 aliphatic carbocycles. The van der Waals surface area contributed by atoms with Gasteiger partial charge >= 0.3 is 0 Å². The SMILES string of the molecule is Cc1cc(-c2ncnn3cc(-c4cnn(C)c4)cc23)ccc1C(C)N. The van der Waals surface area contributed by atoms with Crippen LogP contribution < -0.4 is 5.73 Å². The number of hydrogen-bond acceptors (Lipinski definition) is 4. The van der Waals surface area contributed by atoms with Crippen LogP contribution in [0.5, 0.6) is 0 Å². The Bertz CT molecular complexity index is 1060. The zero-order valence-corrected chi connectivity index (χ0v) is 14.5. The third-order valence-electron chi connectivity index (χ3n) is 4.48. The highest BCUT2D eigenvalue weighted by molar-refractivity contribution is 5.81. The molecule has 126 valence electrons. The average molecular weight is 332 g/mol. The van der Waals surface area contributed by atoms with Crippen LogP contribution in [0.25, 0.3) is 27.9 Å². The van der Waals surface area contributed by atoms with Crippen LogP contribution in [0.2, 0.25) is 0 Å². The standard InChI is InChI=1S/C19H20N6/c1-12-6-14(4-5-17(12)13(2)20)19-18-7-15(10-25(18)23-11-21-19)16-8-22-24(3)9-16/h4-11,13H,20H2,1-3H3. The third-order valence-corrected chi connectivity index (χ3v) is 4.48. The maximum absolute atomic E-state index is 6.03. The highest BCUT2D eigenvalue weighted by atomic mass is 15.2. The van der Waals surface area contributed by atoms with Gasteiger partial charge in [0.2, 0.25) is 0 Å². The first-order valence-electron chi connectivity index (χ1n) is 8.22. The summed E-state index contributed by atoms with van der Waals surface area (Å²) in [6.45, 7) is 4.08. The Hall–Kier alpha value is -2.99. The first-order chi connectivity index (χ1) is 12.0. The van der Waals surface area contributed by atoms with Gasteiger partial charge in [0, 0.05) is 42.2 Å². The maximum atomic E-state index is 6.03. The number of aromatic nitrogens is 5. The lowest BCUT2D eigenvalue weighted by atomic mass is 9.99. The van der Waals surface area contributed by atoms with E-state index >= 15 is 0 Å². The van der Waals surface area contributed by atoms with E-state index in [1.165, 1.54) is 5.56 Å². The molecule has 0 spiro atoms. The third kappa shape index (κ3) is 2.70. The molecule has 3 aromatic heterocycles. The second-order valence-electron chi connectivity index (χ2n) is 6.43. The van der Waals surface area contributed by atoms with Crippen molar-refractivity contribution in [2.45, 2.75) is 19.9 Å². The first-order valence-corrected chi connectivity index (χ1v) is 8.22. The molecule has 1 unspecified atom stereocenters. The van der Waals surface area contributed by atoms with Crippen molar-refractivity contribution >= 4 is 5.52 Å². The lowest BCUT2D eigenvalue weighted by molar-refractivity contribution is 0.768. The topological polar surface area (TPSA) is 74.0 Å². The lowest BCUT2D eigenvalue weighted by Crippen LogP contribution is -2.06. The molecule has 25 heavy (non-hydrogen) atoms. The summed E-state index contributed by atoms with van der Waals surface area (Å²) in [5, 5.41) is 8.59. The minimum absolute atomic E-state index is 0.0185. The zero-order valence-electron chi connectivity index (χ0n) is 14.5. The van der Waals surface area contributed by atoms with Crippen molar-refractivity contribution in [1.29, 1.82) is 0 Å². The molecule has 0 saturated heterocycles. The van der Waals surface area contributed by atoms with Crippen LogP contribution in [-0.2, 0) is 7.05 Å². The number of nitrogens with zero attached hydrogens (tertiary/aromatic N) is 5. The average Bonchev–Trinajstić information content (AvgIpc) is 3.19. The van der Waals surface area contributed by atoms with Crippen molar-refractivity contribution < 1.29 is 0 Å². The minimum atomic E-state index is 0.0185. The molecule has 0 radical (unpaired) electrons. The van der Waals surface area contributed by atoms with Gasteiger partial charge in [-0.05, 0) is 37.1 Å². The van der Waals surface area contributed by atoms with Gasteiger partial charge < -0.3 is 5.73 Å². The van der Waals surface area contributed by atoms with Gasteiger partial charge in [-0.15, -0.1) is 0 Å². The molecule has 6 heteroatoms. The van der Waals surface area contributed by atoms with Crippen molar-refractivity contribution in [3.8, 4) is 22.4 Å². The number of aryl methyl sites for hydroxylation is 2. The molecule has 0 fully saturated rings. The predicted molar refractivity (Wildman–Crippen MR) is 98.0 cm³/mol. The van der Waals surface area contributed by atoms with E-state index in [0.717, 1.165) is 33.5 Å². The zero-order chi connectivity index (χ0) is 17.6. The second-order valence-corrected chi connectivity index (χ2v) is 6.43. The molecule has 0 aliphatic heterocycles. The fraction of sp³-hybridized carbons (Fsp3) is 0.211. The van der Waals surface area contributed by atoms with Gasteiger partial charge in [-0.2, -0.15) is 10.2 Å². The Morgan fingerprint density at radius 1 is 1.04 bits per heavy atom. The van der Waals surface area contributed by atoms with Crippen molar-refractivity contribution in [1.82, 2.24) is 24.4 Å². The number of rotatable bonds is 3. The first kappa shape index (κ1) is 15.5. The van der Waals surface area contributed by atoms with Crippen molar-refractivity contribution in [2.75, 3.05) is 0 Å². The predicted octanol–water partition coefficient (Wildman–Crippen LogP) is 3.12. The molecule has 2 N–H and O–H groups in total. The van der Waals surface area contributed by atoms with Gasteiger partial charge in [0.1, 0.15) is 6.33 Å². The van der Waals surface area contributed by atoms with Crippen molar-refractivity contribution in [2.24, 2.45) is 12.8 Å². The van der Waals surface area contributed by atoms with E-state index in [1.54, 1.807) is 11.0 Å². The van der Waals surface area contributed by atoms with E-state index < -0.39 is 0 Å². The molecule has 4 aromatic rings. The molecule has 6 nitrogen and oxygen atoms in total. The second kappa shape index (κ2) is 5.82. The number of fused-ring (bicyclic) bond motifs is 1.